The number of ether oxygens (including phenoxy) is 1. The molecule has 0 aliphatic rings. The normalized spacial score (nSPS) is 11.9. The molecule has 0 aliphatic carbocycles. The molecule has 0 rings (SSSR count). The van der Waals surface area contributed by atoms with Crippen LogP contribution in [0.1, 0.15) is 33.6 Å². The highest BCUT2D eigenvalue weighted by Crippen LogP contribution is 1.92. The van der Waals surface area contributed by atoms with Gasteiger partial charge >= 0.3 is 0 Å². The van der Waals surface area contributed by atoms with Crippen LogP contribution in [-0.4, -0.2) is 39.3 Å². The lowest BCUT2D eigenvalue weighted by atomic mass is 10.2. The van der Waals surface area contributed by atoms with E-state index in [9.17, 15) is 0 Å². The summed E-state index contributed by atoms with van der Waals surface area (Å²) in [5, 5.41) is 6.48. The molecule has 0 atom stereocenters. The van der Waals surface area contributed by atoms with Gasteiger partial charge in [-0.3, -0.25) is 4.99 Å². The Balaban J connectivity index is 3.35. The van der Waals surface area contributed by atoms with E-state index in [0.29, 0.717) is 5.92 Å². The monoisotopic (exact) mass is 229 g/mol. The molecule has 0 aromatic carbocycles. The largest absolute Gasteiger partial charge is 0.381 e. The van der Waals surface area contributed by atoms with Crippen molar-refractivity contribution in [3.05, 3.63) is 0 Å². The maximum Gasteiger partial charge on any atom is 0.190 e. The van der Waals surface area contributed by atoms with Gasteiger partial charge in [0.1, 0.15) is 0 Å². The minimum Gasteiger partial charge on any atom is -0.381 e. The Morgan fingerprint density at radius 1 is 1.25 bits per heavy atom. The van der Waals surface area contributed by atoms with Crippen molar-refractivity contribution in [2.24, 2.45) is 10.9 Å². The highest BCUT2D eigenvalue weighted by atomic mass is 16.5. The summed E-state index contributed by atoms with van der Waals surface area (Å²) in [5.41, 5.74) is 0. The molecule has 0 aromatic rings. The van der Waals surface area contributed by atoms with E-state index in [-0.39, 0.29) is 0 Å². The average Bonchev–Trinajstić information content (AvgIpc) is 2.26. The van der Waals surface area contributed by atoms with Crippen LogP contribution in [0.3, 0.4) is 0 Å². The molecular weight excluding hydrogens is 202 g/mol. The number of rotatable bonds is 8. The smallest absolute Gasteiger partial charge is 0.190 e. The second-order valence-electron chi connectivity index (χ2n) is 4.25. The summed E-state index contributed by atoms with van der Waals surface area (Å²) in [4.78, 5) is 4.13. The van der Waals surface area contributed by atoms with Crippen molar-refractivity contribution in [2.75, 3.05) is 33.4 Å². The maximum absolute atomic E-state index is 5.49. The number of nitrogens with one attached hydrogen (secondary N) is 2. The summed E-state index contributed by atoms with van der Waals surface area (Å²) in [6.45, 7) is 9.99. The van der Waals surface area contributed by atoms with Crippen molar-refractivity contribution in [1.29, 1.82) is 0 Å². The standard InChI is InChI=1S/C12H27N3O/c1-5-7-14-12(13-4)15-8-6-9-16-10-11(2)3/h11H,5-10H2,1-4H3,(H2,13,14,15). The van der Waals surface area contributed by atoms with Gasteiger partial charge in [-0.2, -0.15) is 0 Å². The second-order valence-corrected chi connectivity index (χ2v) is 4.25. The lowest BCUT2D eigenvalue weighted by molar-refractivity contribution is 0.108. The molecule has 0 spiro atoms. The minimum absolute atomic E-state index is 0.618. The van der Waals surface area contributed by atoms with Crippen LogP contribution >= 0.6 is 0 Å². The predicted molar refractivity (Wildman–Crippen MR) is 69.9 cm³/mol. The lowest BCUT2D eigenvalue weighted by Crippen LogP contribution is -2.38. The highest BCUT2D eigenvalue weighted by molar-refractivity contribution is 5.79. The molecule has 0 saturated heterocycles. The third-order valence-electron chi connectivity index (χ3n) is 1.98. The number of hydrogen-bond acceptors (Lipinski definition) is 2. The zero-order valence-electron chi connectivity index (χ0n) is 11.2. The van der Waals surface area contributed by atoms with Crippen molar-refractivity contribution in [1.82, 2.24) is 10.6 Å². The van der Waals surface area contributed by atoms with E-state index < -0.39 is 0 Å². The molecule has 0 saturated carbocycles. The van der Waals surface area contributed by atoms with Crippen LogP contribution in [0, 0.1) is 5.92 Å². The molecule has 0 aromatic heterocycles. The van der Waals surface area contributed by atoms with E-state index in [0.717, 1.165) is 45.1 Å². The van der Waals surface area contributed by atoms with Gasteiger partial charge in [-0.25, -0.2) is 0 Å². The van der Waals surface area contributed by atoms with Crippen molar-refractivity contribution >= 4 is 5.96 Å². The zero-order valence-corrected chi connectivity index (χ0v) is 11.2. The summed E-state index contributed by atoms with van der Waals surface area (Å²) >= 11 is 0. The van der Waals surface area contributed by atoms with Gasteiger partial charge in [0, 0.05) is 33.4 Å². The van der Waals surface area contributed by atoms with Gasteiger partial charge in [-0.05, 0) is 18.8 Å². The molecular formula is C12H27N3O. The SMILES string of the molecule is CCCNC(=NC)NCCCOCC(C)C. The Hall–Kier alpha value is -0.770. The van der Waals surface area contributed by atoms with E-state index >= 15 is 0 Å². The van der Waals surface area contributed by atoms with Gasteiger partial charge in [0.25, 0.3) is 0 Å². The molecule has 4 nitrogen and oxygen atoms in total. The molecule has 2 N–H and O–H groups in total. The Bertz CT molecular complexity index is 181. The first-order valence-corrected chi connectivity index (χ1v) is 6.23. The number of aliphatic imine (C=N–C) groups is 1. The fourth-order valence-electron chi connectivity index (χ4n) is 1.16. The van der Waals surface area contributed by atoms with Crippen LogP contribution in [-0.2, 0) is 4.74 Å². The van der Waals surface area contributed by atoms with Gasteiger partial charge in [0.2, 0.25) is 0 Å². The van der Waals surface area contributed by atoms with Crippen molar-refractivity contribution < 1.29 is 4.74 Å². The van der Waals surface area contributed by atoms with Crippen LogP contribution in [0.25, 0.3) is 0 Å². The third kappa shape index (κ3) is 9.77. The van der Waals surface area contributed by atoms with Gasteiger partial charge in [0.05, 0.1) is 0 Å². The molecule has 0 bridgehead atoms. The topological polar surface area (TPSA) is 45.7 Å². The number of nitrogens with zero attached hydrogens (tertiary/aromatic N) is 1. The summed E-state index contributed by atoms with van der Waals surface area (Å²) in [7, 11) is 1.79. The Labute approximate surface area is 99.9 Å². The average molecular weight is 229 g/mol. The molecule has 0 heterocycles. The van der Waals surface area contributed by atoms with E-state index in [1.165, 1.54) is 0 Å². The number of hydrogen-bond donors (Lipinski definition) is 2. The van der Waals surface area contributed by atoms with Crippen molar-refractivity contribution in [3.8, 4) is 0 Å². The minimum atomic E-state index is 0.618. The molecule has 0 unspecified atom stereocenters. The molecule has 0 fully saturated rings. The molecule has 4 heteroatoms. The van der Waals surface area contributed by atoms with Crippen molar-refractivity contribution in [2.45, 2.75) is 33.6 Å². The van der Waals surface area contributed by atoms with E-state index in [4.69, 9.17) is 4.74 Å². The van der Waals surface area contributed by atoms with Gasteiger partial charge in [-0.15, -0.1) is 0 Å². The Morgan fingerprint density at radius 3 is 2.50 bits per heavy atom. The third-order valence-corrected chi connectivity index (χ3v) is 1.98. The predicted octanol–water partition coefficient (Wildman–Crippen LogP) is 1.62. The molecule has 96 valence electrons. The molecule has 0 aliphatic heterocycles. The van der Waals surface area contributed by atoms with Crippen molar-refractivity contribution in [3.63, 3.8) is 0 Å². The van der Waals surface area contributed by atoms with Crippen LogP contribution in [0.5, 0.6) is 0 Å². The summed E-state index contributed by atoms with van der Waals surface area (Å²) < 4.78 is 5.49. The Morgan fingerprint density at radius 2 is 1.94 bits per heavy atom. The fourth-order valence-corrected chi connectivity index (χ4v) is 1.16. The van der Waals surface area contributed by atoms with Crippen LogP contribution in [0.15, 0.2) is 4.99 Å². The summed E-state index contributed by atoms with van der Waals surface area (Å²) in [6, 6.07) is 0. The van der Waals surface area contributed by atoms with E-state index in [1.807, 2.05) is 0 Å². The van der Waals surface area contributed by atoms with Crippen LogP contribution in [0.2, 0.25) is 0 Å². The summed E-state index contributed by atoms with van der Waals surface area (Å²) in [5.74, 6) is 1.50. The van der Waals surface area contributed by atoms with E-state index in [2.05, 4.69) is 36.4 Å². The van der Waals surface area contributed by atoms with Crippen LogP contribution < -0.4 is 10.6 Å². The fraction of sp³-hybridized carbons (Fsp3) is 0.917. The second kappa shape index (κ2) is 10.7. The van der Waals surface area contributed by atoms with Gasteiger partial charge in [0.15, 0.2) is 5.96 Å². The van der Waals surface area contributed by atoms with Gasteiger partial charge < -0.3 is 15.4 Å². The number of guanidine groups is 1. The Kier molecular flexibility index (Phi) is 10.2. The lowest BCUT2D eigenvalue weighted by Gasteiger charge is -2.11. The molecule has 0 radical (unpaired) electrons. The molecule has 0 amide bonds. The van der Waals surface area contributed by atoms with Gasteiger partial charge in [-0.1, -0.05) is 20.8 Å². The van der Waals surface area contributed by atoms with Crippen LogP contribution in [0.4, 0.5) is 0 Å². The first kappa shape index (κ1) is 15.2. The highest BCUT2D eigenvalue weighted by Gasteiger charge is 1.96. The zero-order chi connectivity index (χ0) is 12.2. The quantitative estimate of drug-likeness (QED) is 0.378. The molecule has 16 heavy (non-hydrogen) atoms. The summed E-state index contributed by atoms with van der Waals surface area (Å²) in [6.07, 6.45) is 2.12. The maximum atomic E-state index is 5.49. The first-order valence-electron chi connectivity index (χ1n) is 6.23. The van der Waals surface area contributed by atoms with E-state index in [1.54, 1.807) is 7.05 Å². The first-order chi connectivity index (χ1) is 7.70.